The Balaban J connectivity index is 1.58. The normalized spacial score (nSPS) is 56.4. The van der Waals surface area contributed by atoms with Crippen LogP contribution in [-0.2, 0) is 4.74 Å². The maximum Gasteiger partial charge on any atom is 0.0903 e. The quantitative estimate of drug-likeness (QED) is 0.572. The van der Waals surface area contributed by atoms with Crippen LogP contribution in [0.4, 0.5) is 0 Å². The number of alkyl halides is 1. The third-order valence-corrected chi connectivity index (χ3v) is 9.93. The van der Waals surface area contributed by atoms with Crippen molar-refractivity contribution >= 4 is 22.6 Å². The zero-order valence-corrected chi connectivity index (χ0v) is 16.7. The second-order valence-corrected chi connectivity index (χ2v) is 10.6. The van der Waals surface area contributed by atoms with Crippen LogP contribution >= 0.6 is 15.9 Å². The van der Waals surface area contributed by atoms with E-state index in [0.29, 0.717) is 17.9 Å². The minimum Gasteiger partial charge on any atom is -0.387 e. The van der Waals surface area contributed by atoms with Crippen LogP contribution in [0.2, 0.25) is 0 Å². The van der Waals surface area contributed by atoms with Gasteiger partial charge in [0.05, 0.1) is 17.7 Å². The number of ether oxygens (including phenoxy) is 1. The molecule has 8 atom stereocenters. The Morgan fingerprint density at radius 1 is 1.17 bits per heavy atom. The zero-order chi connectivity index (χ0) is 17.2. The maximum absolute atomic E-state index is 11.0. The van der Waals surface area contributed by atoms with E-state index >= 15 is 0 Å². The van der Waals surface area contributed by atoms with Crippen molar-refractivity contribution in [3.63, 3.8) is 0 Å². The molecule has 24 heavy (non-hydrogen) atoms. The van der Waals surface area contributed by atoms with E-state index in [4.69, 9.17) is 4.74 Å². The predicted molar refractivity (Wildman–Crippen MR) is 101 cm³/mol. The summed E-state index contributed by atoms with van der Waals surface area (Å²) in [6, 6.07) is 0. The average Bonchev–Trinajstić information content (AvgIpc) is 2.56. The fraction of sp³-hybridized carbons (Fsp3) is 0.950. The molecule has 0 aromatic carbocycles. The number of hydrogen-bond donors (Lipinski definition) is 1. The Kier molecular flexibility index (Phi) is 4.21. The fourth-order valence-corrected chi connectivity index (χ4v) is 8.14. The molecule has 0 bridgehead atoms. The van der Waals surface area contributed by atoms with E-state index in [0.717, 1.165) is 48.3 Å². The Labute approximate surface area is 154 Å². The van der Waals surface area contributed by atoms with Gasteiger partial charge in [-0.2, -0.15) is 0 Å². The molecule has 4 rings (SSSR count). The van der Waals surface area contributed by atoms with Crippen molar-refractivity contribution in [1.29, 1.82) is 0 Å². The Morgan fingerprint density at radius 2 is 1.88 bits per heavy atom. The van der Waals surface area contributed by atoms with Crippen LogP contribution in [0.3, 0.4) is 0 Å². The van der Waals surface area contributed by atoms with Crippen molar-refractivity contribution in [2.45, 2.75) is 74.3 Å². The fourth-order valence-electron chi connectivity index (χ4n) is 7.17. The van der Waals surface area contributed by atoms with E-state index in [1.165, 1.54) is 25.7 Å². The molecule has 0 heterocycles. The molecule has 0 saturated heterocycles. The number of methoxy groups -OCH3 is 1. The van der Waals surface area contributed by atoms with Gasteiger partial charge in [-0.25, -0.2) is 0 Å². The molecular weight excluding hydrogens is 366 g/mol. The summed E-state index contributed by atoms with van der Waals surface area (Å²) in [5.41, 5.74) is -0.300. The number of aliphatic hydroxyl groups is 1. The van der Waals surface area contributed by atoms with Gasteiger partial charge in [-0.05, 0) is 80.7 Å². The number of hydrogen-bond acceptors (Lipinski definition) is 3. The molecule has 0 radical (unpaired) electrons. The first kappa shape index (κ1) is 17.5. The van der Waals surface area contributed by atoms with Gasteiger partial charge in [-0.15, -0.1) is 0 Å². The van der Waals surface area contributed by atoms with E-state index in [1.54, 1.807) is 7.11 Å². The molecule has 3 nitrogen and oxygen atoms in total. The predicted octanol–water partition coefficient (Wildman–Crippen LogP) is 4.21. The molecule has 0 amide bonds. The molecule has 1 N–H and O–H groups in total. The summed E-state index contributed by atoms with van der Waals surface area (Å²) < 4.78 is 5.31. The molecule has 4 heteroatoms. The standard InChI is InChI=1S/C20H32BrNO2/c1-18-7-4-13-14(16(18)10-17(18)21)5-9-20(22-2)11-19(23,12-24-3)8-6-15(13)20/h13-17,23H,2,4-12H2,1,3H3/t13-,14+,15?,16-,17?,18-,19-,20+/m0/s1. The third-order valence-electron chi connectivity index (χ3n) is 8.51. The Hall–Kier alpha value is 0.0700. The van der Waals surface area contributed by atoms with Crippen LogP contribution in [0.1, 0.15) is 58.3 Å². The van der Waals surface area contributed by atoms with Crippen LogP contribution in [0.15, 0.2) is 4.99 Å². The SMILES string of the molecule is C=N[C@@]12CC[C@@H]3[C@H](CC[C@]4(C)C(Br)C[C@@H]34)C1CC[C@@](O)(COC)C2. The molecule has 4 saturated carbocycles. The van der Waals surface area contributed by atoms with Gasteiger partial charge in [0.15, 0.2) is 0 Å². The van der Waals surface area contributed by atoms with Crippen LogP contribution in [0.5, 0.6) is 0 Å². The Bertz CT molecular complexity index is 528. The minimum absolute atomic E-state index is 0.113. The third kappa shape index (κ3) is 2.31. The second-order valence-electron chi connectivity index (χ2n) is 9.46. The number of fused-ring (bicyclic) bond motifs is 5. The summed E-state index contributed by atoms with van der Waals surface area (Å²) in [4.78, 5) is 5.41. The van der Waals surface area contributed by atoms with Gasteiger partial charge < -0.3 is 9.84 Å². The second kappa shape index (κ2) is 5.79. The lowest BCUT2D eigenvalue weighted by molar-refractivity contribution is -0.149. The van der Waals surface area contributed by atoms with Gasteiger partial charge in [0.25, 0.3) is 0 Å². The van der Waals surface area contributed by atoms with E-state index < -0.39 is 5.60 Å². The molecule has 4 aliphatic carbocycles. The van der Waals surface area contributed by atoms with Crippen LogP contribution in [0.25, 0.3) is 0 Å². The topological polar surface area (TPSA) is 41.8 Å². The van der Waals surface area contributed by atoms with Crippen LogP contribution in [0, 0.1) is 29.1 Å². The smallest absolute Gasteiger partial charge is 0.0903 e. The summed E-state index contributed by atoms with van der Waals surface area (Å²) in [6.45, 7) is 6.92. The van der Waals surface area contributed by atoms with Crippen molar-refractivity contribution in [3.8, 4) is 0 Å². The molecule has 0 aliphatic heterocycles. The first-order chi connectivity index (χ1) is 11.4. The van der Waals surface area contributed by atoms with Crippen molar-refractivity contribution in [3.05, 3.63) is 0 Å². The van der Waals surface area contributed by atoms with Crippen molar-refractivity contribution in [2.24, 2.45) is 34.1 Å². The highest BCUT2D eigenvalue weighted by Crippen LogP contribution is 2.67. The first-order valence-electron chi connectivity index (χ1n) is 9.71. The molecule has 0 spiro atoms. The summed E-state index contributed by atoms with van der Waals surface area (Å²) >= 11 is 3.92. The van der Waals surface area contributed by atoms with E-state index in [1.807, 2.05) is 0 Å². The molecule has 0 aromatic rings. The van der Waals surface area contributed by atoms with Gasteiger partial charge in [0, 0.05) is 18.4 Å². The number of nitrogens with zero attached hydrogens (tertiary/aromatic N) is 1. The van der Waals surface area contributed by atoms with Gasteiger partial charge in [0.1, 0.15) is 0 Å². The van der Waals surface area contributed by atoms with E-state index in [9.17, 15) is 5.11 Å². The maximum atomic E-state index is 11.0. The molecule has 4 fully saturated rings. The molecular formula is C20H32BrNO2. The Morgan fingerprint density at radius 3 is 2.54 bits per heavy atom. The summed E-state index contributed by atoms with van der Waals surface area (Å²) in [5, 5.41) is 11.0. The number of aliphatic imine (C=N–C) groups is 1. The van der Waals surface area contributed by atoms with E-state index in [-0.39, 0.29) is 5.54 Å². The van der Waals surface area contributed by atoms with Gasteiger partial charge in [-0.3, -0.25) is 4.99 Å². The summed E-state index contributed by atoms with van der Waals surface area (Å²) in [5.74, 6) is 3.16. The highest BCUT2D eigenvalue weighted by molar-refractivity contribution is 9.09. The molecule has 136 valence electrons. The number of rotatable bonds is 3. The largest absolute Gasteiger partial charge is 0.387 e. The average molecular weight is 398 g/mol. The molecule has 4 aliphatic rings. The van der Waals surface area contributed by atoms with Gasteiger partial charge >= 0.3 is 0 Å². The summed E-state index contributed by atoms with van der Waals surface area (Å²) in [6.07, 6.45) is 9.10. The molecule has 0 aromatic heterocycles. The lowest BCUT2D eigenvalue weighted by Crippen LogP contribution is -2.63. The monoisotopic (exact) mass is 397 g/mol. The van der Waals surface area contributed by atoms with Crippen LogP contribution in [-0.4, -0.2) is 41.5 Å². The van der Waals surface area contributed by atoms with Crippen molar-refractivity contribution in [2.75, 3.05) is 13.7 Å². The lowest BCUT2D eigenvalue weighted by Gasteiger charge is -2.65. The highest BCUT2D eigenvalue weighted by atomic mass is 79.9. The first-order valence-corrected chi connectivity index (χ1v) is 10.6. The minimum atomic E-state index is -0.708. The van der Waals surface area contributed by atoms with Crippen molar-refractivity contribution in [1.82, 2.24) is 0 Å². The summed E-state index contributed by atoms with van der Waals surface area (Å²) in [7, 11) is 1.68. The van der Waals surface area contributed by atoms with Crippen LogP contribution < -0.4 is 0 Å². The van der Waals surface area contributed by atoms with Gasteiger partial charge in [-0.1, -0.05) is 22.9 Å². The van der Waals surface area contributed by atoms with Crippen molar-refractivity contribution < 1.29 is 9.84 Å². The zero-order valence-electron chi connectivity index (χ0n) is 15.1. The molecule has 2 unspecified atom stereocenters. The van der Waals surface area contributed by atoms with Gasteiger partial charge in [0.2, 0.25) is 0 Å². The van der Waals surface area contributed by atoms with E-state index in [2.05, 4.69) is 34.6 Å². The lowest BCUT2D eigenvalue weighted by atomic mass is 9.42. The number of halogens is 1. The highest BCUT2D eigenvalue weighted by Gasteiger charge is 2.63.